The van der Waals surface area contributed by atoms with E-state index < -0.39 is 0 Å². The predicted octanol–water partition coefficient (Wildman–Crippen LogP) is 1.20. The number of nitrogens with zero attached hydrogens (tertiary/aromatic N) is 3. The molecular weight excluding hydrogens is 326 g/mol. The molecule has 0 saturated carbocycles. The van der Waals surface area contributed by atoms with Gasteiger partial charge in [0.2, 0.25) is 0 Å². The lowest BCUT2D eigenvalue weighted by molar-refractivity contribution is 0.0368. The predicted molar refractivity (Wildman–Crippen MR) is 95.7 cm³/mol. The Labute approximate surface area is 145 Å². The fraction of sp³-hybridized carbons (Fsp3) is 0.529. The van der Waals surface area contributed by atoms with Crippen LogP contribution in [0.2, 0.25) is 0 Å². The van der Waals surface area contributed by atoms with E-state index in [1.807, 2.05) is 24.3 Å². The Balaban J connectivity index is 1.78. The summed E-state index contributed by atoms with van der Waals surface area (Å²) in [6, 6.07) is 7.43. The second-order valence-electron chi connectivity index (χ2n) is 5.75. The van der Waals surface area contributed by atoms with Gasteiger partial charge in [-0.25, -0.2) is 4.98 Å². The number of ether oxygens (including phenoxy) is 1. The Morgan fingerprint density at radius 3 is 2.79 bits per heavy atom. The van der Waals surface area contributed by atoms with Crippen LogP contribution in [0.25, 0.3) is 10.9 Å². The number of aliphatic hydroxyl groups excluding tert-OH is 1. The SMILES string of the molecule is O=c1c2ccccc2nc(SCCO)n1CCCN1CCOCC1. The van der Waals surface area contributed by atoms with Gasteiger partial charge in [-0.15, -0.1) is 0 Å². The number of benzene rings is 1. The highest BCUT2D eigenvalue weighted by Crippen LogP contribution is 2.17. The number of aliphatic hydroxyl groups is 1. The van der Waals surface area contributed by atoms with Crippen LogP contribution in [0.15, 0.2) is 34.2 Å². The molecule has 6 nitrogen and oxygen atoms in total. The van der Waals surface area contributed by atoms with Crippen LogP contribution in [0, 0.1) is 0 Å². The second kappa shape index (κ2) is 8.62. The van der Waals surface area contributed by atoms with Crippen molar-refractivity contribution in [1.29, 1.82) is 0 Å². The first-order valence-electron chi connectivity index (χ1n) is 8.33. The molecule has 130 valence electrons. The molecule has 7 heteroatoms. The zero-order chi connectivity index (χ0) is 16.8. The summed E-state index contributed by atoms with van der Waals surface area (Å²) in [4.78, 5) is 19.8. The monoisotopic (exact) mass is 349 g/mol. The van der Waals surface area contributed by atoms with Gasteiger partial charge in [-0.05, 0) is 18.6 Å². The molecule has 2 aromatic rings. The van der Waals surface area contributed by atoms with Crippen molar-refractivity contribution in [2.45, 2.75) is 18.1 Å². The molecule has 1 aliphatic rings. The molecule has 0 aliphatic carbocycles. The van der Waals surface area contributed by atoms with Gasteiger partial charge in [0, 0.05) is 31.9 Å². The molecule has 0 spiro atoms. The van der Waals surface area contributed by atoms with Crippen molar-refractivity contribution in [3.63, 3.8) is 0 Å². The standard InChI is InChI=1S/C17H23N3O3S/c21-10-13-24-17-18-15-5-2-1-4-14(15)16(22)20(17)7-3-6-19-8-11-23-12-9-19/h1-2,4-5,21H,3,6-13H2. The van der Waals surface area contributed by atoms with E-state index in [0.29, 0.717) is 28.4 Å². The highest BCUT2D eigenvalue weighted by Gasteiger charge is 2.13. The second-order valence-corrected chi connectivity index (χ2v) is 6.81. The first-order chi connectivity index (χ1) is 11.8. The highest BCUT2D eigenvalue weighted by molar-refractivity contribution is 7.99. The van der Waals surface area contributed by atoms with E-state index in [1.165, 1.54) is 11.8 Å². The van der Waals surface area contributed by atoms with E-state index in [2.05, 4.69) is 9.88 Å². The fourth-order valence-electron chi connectivity index (χ4n) is 2.87. The molecule has 0 unspecified atom stereocenters. The number of hydrogen-bond acceptors (Lipinski definition) is 6. The summed E-state index contributed by atoms with van der Waals surface area (Å²) < 4.78 is 7.11. The Hall–Kier alpha value is -1.41. The molecule has 3 rings (SSSR count). The van der Waals surface area contributed by atoms with Crippen molar-refractivity contribution >= 4 is 22.7 Å². The minimum absolute atomic E-state index is 0.00279. The molecule has 0 radical (unpaired) electrons. The maximum atomic E-state index is 12.8. The third-order valence-corrected chi connectivity index (χ3v) is 5.07. The van der Waals surface area contributed by atoms with Crippen LogP contribution in [0.3, 0.4) is 0 Å². The molecule has 24 heavy (non-hydrogen) atoms. The van der Waals surface area contributed by atoms with E-state index in [0.717, 1.165) is 39.3 Å². The van der Waals surface area contributed by atoms with E-state index in [-0.39, 0.29) is 12.2 Å². The lowest BCUT2D eigenvalue weighted by Gasteiger charge is -2.26. The minimum atomic E-state index is 0.00279. The molecule has 0 bridgehead atoms. The van der Waals surface area contributed by atoms with Crippen molar-refractivity contribution in [3.8, 4) is 0 Å². The van der Waals surface area contributed by atoms with Crippen molar-refractivity contribution in [2.24, 2.45) is 0 Å². The van der Waals surface area contributed by atoms with E-state index in [1.54, 1.807) is 4.57 Å². The first-order valence-corrected chi connectivity index (χ1v) is 9.31. The molecule has 1 N–H and O–H groups in total. The van der Waals surface area contributed by atoms with Crippen molar-refractivity contribution < 1.29 is 9.84 Å². The van der Waals surface area contributed by atoms with Crippen molar-refractivity contribution in [1.82, 2.24) is 14.5 Å². The highest BCUT2D eigenvalue weighted by atomic mass is 32.2. The number of hydrogen-bond donors (Lipinski definition) is 1. The molecule has 1 aromatic carbocycles. The summed E-state index contributed by atoms with van der Waals surface area (Å²) in [7, 11) is 0. The number of aromatic nitrogens is 2. The maximum absolute atomic E-state index is 12.8. The number of rotatable bonds is 7. The fourth-order valence-corrected chi connectivity index (χ4v) is 3.64. The Bertz CT molecular complexity index is 729. The molecule has 0 amide bonds. The normalized spacial score (nSPS) is 15.9. The third kappa shape index (κ3) is 4.16. The summed E-state index contributed by atoms with van der Waals surface area (Å²) in [6.07, 6.45) is 0.895. The maximum Gasteiger partial charge on any atom is 0.262 e. The van der Waals surface area contributed by atoms with E-state index in [9.17, 15) is 4.79 Å². The smallest absolute Gasteiger partial charge is 0.262 e. The summed E-state index contributed by atoms with van der Waals surface area (Å²) in [6.45, 7) is 5.15. The van der Waals surface area contributed by atoms with Crippen LogP contribution < -0.4 is 5.56 Å². The van der Waals surface area contributed by atoms with Gasteiger partial charge in [0.1, 0.15) is 0 Å². The van der Waals surface area contributed by atoms with Crippen LogP contribution >= 0.6 is 11.8 Å². The number of fused-ring (bicyclic) bond motifs is 1. The number of thioether (sulfide) groups is 1. The quantitative estimate of drug-likeness (QED) is 0.598. The van der Waals surface area contributed by atoms with Gasteiger partial charge in [0.15, 0.2) is 5.16 Å². The summed E-state index contributed by atoms with van der Waals surface area (Å²) in [5, 5.41) is 10.4. The van der Waals surface area contributed by atoms with E-state index in [4.69, 9.17) is 9.84 Å². The van der Waals surface area contributed by atoms with E-state index >= 15 is 0 Å². The molecule has 1 aromatic heterocycles. The van der Waals surface area contributed by atoms with Crippen LogP contribution in [0.5, 0.6) is 0 Å². The summed E-state index contributed by atoms with van der Waals surface area (Å²) in [5.74, 6) is 0.536. The molecule has 1 saturated heterocycles. The molecular formula is C17H23N3O3S. The van der Waals surface area contributed by atoms with Crippen LogP contribution in [0.1, 0.15) is 6.42 Å². The lowest BCUT2D eigenvalue weighted by atomic mass is 10.2. The molecule has 1 fully saturated rings. The minimum Gasteiger partial charge on any atom is -0.396 e. The molecule has 0 atom stereocenters. The Morgan fingerprint density at radius 1 is 1.21 bits per heavy atom. The Morgan fingerprint density at radius 2 is 2.00 bits per heavy atom. The number of para-hydroxylation sites is 1. The van der Waals surface area contributed by atoms with Crippen LogP contribution in [-0.4, -0.2) is 64.8 Å². The van der Waals surface area contributed by atoms with Crippen LogP contribution in [-0.2, 0) is 11.3 Å². The van der Waals surface area contributed by atoms with Gasteiger partial charge in [-0.3, -0.25) is 14.3 Å². The zero-order valence-electron chi connectivity index (χ0n) is 13.7. The van der Waals surface area contributed by atoms with Gasteiger partial charge in [-0.1, -0.05) is 23.9 Å². The van der Waals surface area contributed by atoms with Gasteiger partial charge in [0.25, 0.3) is 5.56 Å². The third-order valence-electron chi connectivity index (χ3n) is 4.11. The van der Waals surface area contributed by atoms with Gasteiger partial charge in [-0.2, -0.15) is 0 Å². The number of morpholine rings is 1. The Kier molecular flexibility index (Phi) is 6.25. The molecule has 2 heterocycles. The summed E-state index contributed by atoms with van der Waals surface area (Å²) >= 11 is 1.43. The molecule has 1 aliphatic heterocycles. The summed E-state index contributed by atoms with van der Waals surface area (Å²) in [5.41, 5.74) is 0.718. The average Bonchev–Trinajstić information content (AvgIpc) is 2.63. The van der Waals surface area contributed by atoms with Crippen LogP contribution in [0.4, 0.5) is 0 Å². The topological polar surface area (TPSA) is 67.6 Å². The van der Waals surface area contributed by atoms with Gasteiger partial charge >= 0.3 is 0 Å². The zero-order valence-corrected chi connectivity index (χ0v) is 14.5. The van der Waals surface area contributed by atoms with Crippen molar-refractivity contribution in [3.05, 3.63) is 34.6 Å². The van der Waals surface area contributed by atoms with Gasteiger partial charge in [0.05, 0.1) is 30.7 Å². The average molecular weight is 349 g/mol. The van der Waals surface area contributed by atoms with Gasteiger partial charge < -0.3 is 9.84 Å². The first kappa shape index (κ1) is 17.4. The van der Waals surface area contributed by atoms with Crippen molar-refractivity contribution in [2.75, 3.05) is 45.2 Å². The largest absolute Gasteiger partial charge is 0.396 e. The lowest BCUT2D eigenvalue weighted by Crippen LogP contribution is -2.37.